The van der Waals surface area contributed by atoms with Gasteiger partial charge < -0.3 is 0 Å². The summed E-state index contributed by atoms with van der Waals surface area (Å²) in [7, 11) is 3.68. The average molecular weight is 242 g/mol. The van der Waals surface area contributed by atoms with Crippen LogP contribution in [-0.4, -0.2) is 14.2 Å². The normalized spacial score (nSPS) is 10.8. The Kier molecular flexibility index (Phi) is 8.23. The van der Waals surface area contributed by atoms with Gasteiger partial charge in [0.05, 0.1) is 0 Å². The molecule has 0 aliphatic rings. The molecule has 0 aliphatic carbocycles. The van der Waals surface area contributed by atoms with Crippen LogP contribution in [0.3, 0.4) is 0 Å². The fourth-order valence-electron chi connectivity index (χ4n) is 2.13. The molecule has 0 unspecified atom stereocenters. The zero-order valence-electron chi connectivity index (χ0n) is 9.77. The van der Waals surface area contributed by atoms with Crippen LogP contribution in [0, 0.1) is 0 Å². The number of rotatable bonds is 8. The molecular weight excluding hydrogens is 217 g/mol. The topological polar surface area (TPSA) is 18.5 Å². The van der Waals surface area contributed by atoms with Crippen molar-refractivity contribution in [3.8, 4) is 0 Å². The Morgan fingerprint density at radius 1 is 0.846 bits per heavy atom. The van der Waals surface area contributed by atoms with Gasteiger partial charge in [-0.05, 0) is 0 Å². The maximum absolute atomic E-state index is 5.69. The van der Waals surface area contributed by atoms with Gasteiger partial charge in [-0.3, -0.25) is 0 Å². The molecule has 0 heterocycles. The van der Waals surface area contributed by atoms with Crippen molar-refractivity contribution in [1.82, 2.24) is 0 Å². The Balaban J connectivity index is 3.97. The van der Waals surface area contributed by atoms with Crippen LogP contribution in [0.15, 0.2) is 0 Å². The third kappa shape index (κ3) is 5.09. The van der Waals surface area contributed by atoms with Gasteiger partial charge in [0.15, 0.2) is 0 Å². The summed E-state index contributed by atoms with van der Waals surface area (Å²) in [5.41, 5.74) is 0. The molecule has 0 aromatic rings. The first-order chi connectivity index (χ1) is 6.24. The van der Waals surface area contributed by atoms with Crippen molar-refractivity contribution >= 4 is 0 Å². The van der Waals surface area contributed by atoms with Gasteiger partial charge in [-0.25, -0.2) is 0 Å². The van der Waals surface area contributed by atoms with Crippen molar-refractivity contribution in [2.75, 3.05) is 14.2 Å². The van der Waals surface area contributed by atoms with E-state index < -0.39 is 15.5 Å². The molecule has 0 N–H and O–H groups in total. The van der Waals surface area contributed by atoms with E-state index in [4.69, 9.17) is 7.13 Å². The summed E-state index contributed by atoms with van der Waals surface area (Å²) in [6.45, 7) is 4.45. The predicted octanol–water partition coefficient (Wildman–Crippen LogP) is 3.70. The van der Waals surface area contributed by atoms with E-state index in [-0.39, 0.29) is 0 Å². The Labute approximate surface area is 86.6 Å². The van der Waals surface area contributed by atoms with E-state index in [1.165, 1.54) is 35.7 Å². The molecule has 0 bridgehead atoms. The minimum atomic E-state index is -2.63. The zero-order valence-corrected chi connectivity index (χ0v) is 12.7. The third-order valence-electron chi connectivity index (χ3n) is 3.34. The monoisotopic (exact) mass is 240 g/mol. The van der Waals surface area contributed by atoms with Crippen LogP contribution in [0.25, 0.3) is 0 Å². The Hall–Kier alpha value is 0.543. The Morgan fingerprint density at radius 3 is 1.46 bits per heavy atom. The van der Waals surface area contributed by atoms with E-state index in [1.54, 1.807) is 0 Å². The first-order valence-corrected chi connectivity index (χ1v) is 12.4. The van der Waals surface area contributed by atoms with Crippen LogP contribution in [0.5, 0.6) is 0 Å². The summed E-state index contributed by atoms with van der Waals surface area (Å²) < 4.78 is 11.4. The van der Waals surface area contributed by atoms with Crippen molar-refractivity contribution in [2.24, 2.45) is 0 Å². The molecule has 0 aromatic carbocycles. The molecule has 0 atom stereocenters. The predicted molar refractivity (Wildman–Crippen MR) is 53.4 cm³/mol. The number of unbranched alkanes of at least 4 members (excludes halogenated alkanes) is 2. The molecule has 0 aliphatic heterocycles. The zero-order chi connectivity index (χ0) is 10.2. The van der Waals surface area contributed by atoms with E-state index in [1.807, 2.05) is 14.2 Å². The van der Waals surface area contributed by atoms with Crippen LogP contribution in [0.1, 0.15) is 39.5 Å². The van der Waals surface area contributed by atoms with Crippen LogP contribution in [-0.2, 0) is 22.6 Å². The van der Waals surface area contributed by atoms with Crippen molar-refractivity contribution < 1.29 is 22.6 Å². The first kappa shape index (κ1) is 13.5. The summed E-state index contributed by atoms with van der Waals surface area (Å²) in [4.78, 5) is 0. The first-order valence-electron chi connectivity index (χ1n) is 5.81. The fourth-order valence-corrected chi connectivity index (χ4v) is 11.1. The molecule has 0 radical (unpaired) electrons. The Morgan fingerprint density at radius 2 is 1.23 bits per heavy atom. The van der Waals surface area contributed by atoms with Crippen LogP contribution in [0.4, 0.5) is 0 Å². The third-order valence-corrected chi connectivity index (χ3v) is 14.4. The second-order valence-electron chi connectivity index (χ2n) is 4.28. The van der Waals surface area contributed by atoms with Crippen molar-refractivity contribution in [1.29, 1.82) is 0 Å². The van der Waals surface area contributed by atoms with E-state index in [0.717, 1.165) is 0 Å². The molecule has 0 spiro atoms. The molecule has 0 rings (SSSR count). The van der Waals surface area contributed by atoms with Gasteiger partial charge in [0.25, 0.3) is 0 Å². The van der Waals surface area contributed by atoms with E-state index in [0.29, 0.717) is 0 Å². The Bertz CT molecular complexity index is 103. The van der Waals surface area contributed by atoms with Crippen molar-refractivity contribution in [2.45, 2.75) is 49.6 Å². The molecular formula is C10H24O2Zn. The molecule has 0 fully saturated rings. The molecule has 0 saturated carbocycles. The second kappa shape index (κ2) is 7.90. The van der Waals surface area contributed by atoms with Gasteiger partial charge in [-0.15, -0.1) is 0 Å². The van der Waals surface area contributed by atoms with Crippen molar-refractivity contribution in [3.05, 3.63) is 0 Å². The van der Waals surface area contributed by atoms with E-state index in [9.17, 15) is 0 Å². The van der Waals surface area contributed by atoms with Crippen LogP contribution >= 0.6 is 0 Å². The molecule has 0 saturated heterocycles. The standard InChI is InChI=1S/2C4H9.2CH3O.Zn/c2*1-3-4-2;2*1-2;/h2*1,3-4H2,2H3;2*1H3;/q;;2*-1;+2. The van der Waals surface area contributed by atoms with E-state index in [2.05, 4.69) is 13.8 Å². The van der Waals surface area contributed by atoms with Gasteiger partial charge in [0.2, 0.25) is 0 Å². The van der Waals surface area contributed by atoms with Crippen LogP contribution < -0.4 is 0 Å². The van der Waals surface area contributed by atoms with Gasteiger partial charge in [0.1, 0.15) is 0 Å². The number of hydrogen-bond acceptors (Lipinski definition) is 2. The molecule has 0 aromatic heterocycles. The van der Waals surface area contributed by atoms with Gasteiger partial charge in [-0.2, -0.15) is 0 Å². The summed E-state index contributed by atoms with van der Waals surface area (Å²) in [5.74, 6) is 0. The SMILES string of the molecule is CCC[CH2][Zn]([CH2]CCC)([O]C)[O]C. The summed E-state index contributed by atoms with van der Waals surface area (Å²) in [5, 5.41) is 2.46. The summed E-state index contributed by atoms with van der Waals surface area (Å²) >= 11 is -2.63. The van der Waals surface area contributed by atoms with Crippen LogP contribution in [0.2, 0.25) is 10.0 Å². The molecule has 13 heavy (non-hydrogen) atoms. The summed E-state index contributed by atoms with van der Waals surface area (Å²) in [6.07, 6.45) is 5.04. The minimum absolute atomic E-state index is 1.23. The molecule has 3 heteroatoms. The maximum atomic E-state index is 5.69. The van der Waals surface area contributed by atoms with Gasteiger partial charge >= 0.3 is 86.4 Å². The average Bonchev–Trinajstić information content (AvgIpc) is 2.20. The molecule has 2 nitrogen and oxygen atoms in total. The number of hydrogen-bond donors (Lipinski definition) is 0. The van der Waals surface area contributed by atoms with Gasteiger partial charge in [-0.1, -0.05) is 0 Å². The quantitative estimate of drug-likeness (QED) is 0.604. The second-order valence-corrected chi connectivity index (χ2v) is 15.1. The fraction of sp³-hybridized carbons (Fsp3) is 1.00. The molecule has 0 amide bonds. The van der Waals surface area contributed by atoms with Crippen molar-refractivity contribution in [3.63, 3.8) is 0 Å². The van der Waals surface area contributed by atoms with Gasteiger partial charge in [0, 0.05) is 0 Å². The summed E-state index contributed by atoms with van der Waals surface area (Å²) in [6, 6.07) is 0. The molecule has 78 valence electrons. The van der Waals surface area contributed by atoms with E-state index >= 15 is 0 Å².